The molecule has 140 valence electrons. The molecular weight excluding hydrogens is 312 g/mol. The molecule has 2 nitrogen and oxygen atoms in total. The zero-order valence-corrected chi connectivity index (χ0v) is 18.2. The zero-order valence-electron chi connectivity index (χ0n) is 17.2. The van der Waals surface area contributed by atoms with E-state index in [0.717, 1.165) is 37.9 Å². The van der Waals surface area contributed by atoms with E-state index in [0.29, 0.717) is 5.04 Å². The molecule has 3 heteroatoms. The van der Waals surface area contributed by atoms with Gasteiger partial charge in [-0.3, -0.25) is 0 Å². The number of hydrogen-bond donors (Lipinski definition) is 0. The van der Waals surface area contributed by atoms with Gasteiger partial charge < -0.3 is 9.16 Å². The van der Waals surface area contributed by atoms with Gasteiger partial charge in [-0.15, -0.1) is 0 Å². The summed E-state index contributed by atoms with van der Waals surface area (Å²) in [6, 6.07) is 0. The van der Waals surface area contributed by atoms with Crippen molar-refractivity contribution in [1.29, 1.82) is 0 Å². The Hall–Kier alpha value is -0.803. The summed E-state index contributed by atoms with van der Waals surface area (Å²) in [5, 5.41) is 0.302. The smallest absolute Gasteiger partial charge is 0.191 e. The van der Waals surface area contributed by atoms with Crippen molar-refractivity contribution in [3.05, 3.63) is 36.6 Å². The third-order valence-corrected chi connectivity index (χ3v) is 9.51. The highest BCUT2D eigenvalue weighted by Crippen LogP contribution is 2.36. The van der Waals surface area contributed by atoms with Gasteiger partial charge >= 0.3 is 0 Å². The summed E-state index contributed by atoms with van der Waals surface area (Å²) in [5.41, 5.74) is 2.49. The van der Waals surface area contributed by atoms with Crippen molar-refractivity contribution < 1.29 is 9.16 Å². The van der Waals surface area contributed by atoms with E-state index in [4.69, 9.17) is 9.16 Å². The van der Waals surface area contributed by atoms with Crippen LogP contribution in [0.5, 0.6) is 0 Å². The molecule has 0 saturated carbocycles. The predicted molar refractivity (Wildman–Crippen MR) is 110 cm³/mol. The number of allylic oxidation sites excluding steroid dienone is 2. The van der Waals surface area contributed by atoms with Crippen molar-refractivity contribution in [3.8, 4) is 0 Å². The monoisotopic (exact) mass is 352 g/mol. The minimum Gasteiger partial charge on any atom is -0.494 e. The Kier molecular flexibility index (Phi) is 10.6. The lowest BCUT2D eigenvalue weighted by Gasteiger charge is -2.36. The van der Waals surface area contributed by atoms with Gasteiger partial charge in [0.2, 0.25) is 0 Å². The summed E-state index contributed by atoms with van der Waals surface area (Å²) in [5.74, 6) is 0. The van der Waals surface area contributed by atoms with Crippen LogP contribution in [0.4, 0.5) is 0 Å². The minimum absolute atomic E-state index is 0.0869. The second-order valence-corrected chi connectivity index (χ2v) is 13.1. The standard InChI is InChI=1S/C21H40O2Si/c1-10-22-20(18(2)3)16-15-19(4)14-12-11-13-17-23-24(8,9)21(5,6)7/h10,14,20H,1-2,11-13,15-17H2,3-9H3/b19-14+. The Bertz CT molecular complexity index is 416. The summed E-state index contributed by atoms with van der Waals surface area (Å²) in [7, 11) is -1.58. The topological polar surface area (TPSA) is 18.5 Å². The SMILES string of the molecule is C=COC(CC/C(C)=C/CCCCO[Si](C)(C)C(C)(C)C)C(=C)C. The van der Waals surface area contributed by atoms with E-state index in [2.05, 4.69) is 60.0 Å². The average molecular weight is 353 g/mol. The fourth-order valence-electron chi connectivity index (χ4n) is 2.15. The molecule has 0 radical (unpaired) electrons. The molecule has 0 aromatic heterocycles. The maximum Gasteiger partial charge on any atom is 0.191 e. The number of rotatable bonds is 12. The van der Waals surface area contributed by atoms with Crippen LogP contribution in [-0.2, 0) is 9.16 Å². The van der Waals surface area contributed by atoms with Crippen LogP contribution >= 0.6 is 0 Å². The molecule has 0 aliphatic carbocycles. The van der Waals surface area contributed by atoms with Gasteiger partial charge in [0.25, 0.3) is 0 Å². The molecule has 24 heavy (non-hydrogen) atoms. The quantitative estimate of drug-likeness (QED) is 0.163. The van der Waals surface area contributed by atoms with Gasteiger partial charge in [-0.1, -0.05) is 45.6 Å². The highest BCUT2D eigenvalue weighted by atomic mass is 28.4. The molecule has 1 atom stereocenters. The zero-order chi connectivity index (χ0) is 18.8. The molecule has 0 fully saturated rings. The summed E-state index contributed by atoms with van der Waals surface area (Å²) in [6.07, 6.45) is 9.44. The summed E-state index contributed by atoms with van der Waals surface area (Å²) in [6.45, 7) is 24.2. The maximum absolute atomic E-state index is 6.22. The van der Waals surface area contributed by atoms with Crippen LogP contribution in [0.25, 0.3) is 0 Å². The molecule has 0 aliphatic rings. The summed E-state index contributed by atoms with van der Waals surface area (Å²) in [4.78, 5) is 0. The summed E-state index contributed by atoms with van der Waals surface area (Å²) >= 11 is 0. The second-order valence-electron chi connectivity index (χ2n) is 8.33. The number of unbranched alkanes of at least 4 members (excludes halogenated alkanes) is 2. The molecule has 0 heterocycles. The Morgan fingerprint density at radius 3 is 2.29 bits per heavy atom. The highest BCUT2D eigenvalue weighted by molar-refractivity contribution is 6.74. The highest BCUT2D eigenvalue weighted by Gasteiger charge is 2.36. The molecule has 0 bridgehead atoms. The fraction of sp³-hybridized carbons (Fsp3) is 0.714. The number of ether oxygens (including phenoxy) is 1. The van der Waals surface area contributed by atoms with Crippen LogP contribution in [0.1, 0.15) is 66.7 Å². The second kappa shape index (κ2) is 10.9. The average Bonchev–Trinajstić information content (AvgIpc) is 2.45. The Labute approximate surface area is 152 Å². The molecule has 0 amide bonds. The first kappa shape index (κ1) is 23.2. The molecule has 0 rings (SSSR count). The van der Waals surface area contributed by atoms with Gasteiger partial charge in [-0.25, -0.2) is 0 Å². The van der Waals surface area contributed by atoms with Crippen molar-refractivity contribution in [2.45, 2.75) is 91.0 Å². The lowest BCUT2D eigenvalue weighted by atomic mass is 10.0. The van der Waals surface area contributed by atoms with Gasteiger partial charge in [-0.05, 0) is 69.7 Å². The van der Waals surface area contributed by atoms with Crippen LogP contribution in [-0.4, -0.2) is 21.0 Å². The normalized spacial score (nSPS) is 14.4. The first-order chi connectivity index (χ1) is 11.0. The van der Waals surface area contributed by atoms with E-state index in [1.807, 2.05) is 6.92 Å². The first-order valence-electron chi connectivity index (χ1n) is 9.22. The van der Waals surface area contributed by atoms with Crippen molar-refractivity contribution in [2.24, 2.45) is 0 Å². The molecular formula is C21H40O2Si. The number of hydrogen-bond acceptors (Lipinski definition) is 2. The van der Waals surface area contributed by atoms with Crippen LogP contribution in [0.15, 0.2) is 36.6 Å². The van der Waals surface area contributed by atoms with Crippen molar-refractivity contribution in [3.63, 3.8) is 0 Å². The Morgan fingerprint density at radius 2 is 1.79 bits per heavy atom. The fourth-order valence-corrected chi connectivity index (χ4v) is 3.23. The van der Waals surface area contributed by atoms with Crippen molar-refractivity contribution in [1.82, 2.24) is 0 Å². The van der Waals surface area contributed by atoms with E-state index < -0.39 is 8.32 Å². The lowest BCUT2D eigenvalue weighted by Crippen LogP contribution is -2.40. The van der Waals surface area contributed by atoms with E-state index in [1.165, 1.54) is 18.3 Å². The molecule has 0 aliphatic heterocycles. The Balaban J connectivity index is 3.99. The van der Waals surface area contributed by atoms with Gasteiger partial charge in [0.1, 0.15) is 6.10 Å². The third-order valence-electron chi connectivity index (χ3n) is 4.97. The predicted octanol–water partition coefficient (Wildman–Crippen LogP) is 7.01. The van der Waals surface area contributed by atoms with Crippen molar-refractivity contribution >= 4 is 8.32 Å². The molecule has 0 spiro atoms. The first-order valence-corrected chi connectivity index (χ1v) is 12.1. The van der Waals surface area contributed by atoms with E-state index >= 15 is 0 Å². The van der Waals surface area contributed by atoms with E-state index in [1.54, 1.807) is 0 Å². The van der Waals surface area contributed by atoms with Gasteiger partial charge in [0, 0.05) is 6.61 Å². The van der Waals surface area contributed by atoms with E-state index in [9.17, 15) is 0 Å². The molecule has 1 unspecified atom stereocenters. The third kappa shape index (κ3) is 9.48. The molecule has 0 N–H and O–H groups in total. The minimum atomic E-state index is -1.58. The lowest BCUT2D eigenvalue weighted by molar-refractivity contribution is 0.169. The maximum atomic E-state index is 6.22. The molecule has 0 aromatic rings. The molecule has 0 saturated heterocycles. The largest absolute Gasteiger partial charge is 0.494 e. The van der Waals surface area contributed by atoms with Crippen LogP contribution in [0.3, 0.4) is 0 Å². The summed E-state index contributed by atoms with van der Waals surface area (Å²) < 4.78 is 11.7. The van der Waals surface area contributed by atoms with Gasteiger partial charge in [0.15, 0.2) is 8.32 Å². The van der Waals surface area contributed by atoms with Crippen LogP contribution in [0.2, 0.25) is 18.1 Å². The molecule has 0 aromatic carbocycles. The van der Waals surface area contributed by atoms with Crippen LogP contribution in [0, 0.1) is 0 Å². The Morgan fingerprint density at radius 1 is 1.17 bits per heavy atom. The van der Waals surface area contributed by atoms with Crippen LogP contribution < -0.4 is 0 Å². The van der Waals surface area contributed by atoms with Gasteiger partial charge in [-0.2, -0.15) is 0 Å². The van der Waals surface area contributed by atoms with Crippen molar-refractivity contribution in [2.75, 3.05) is 6.61 Å². The van der Waals surface area contributed by atoms with E-state index in [-0.39, 0.29) is 6.10 Å². The van der Waals surface area contributed by atoms with Gasteiger partial charge in [0.05, 0.1) is 6.26 Å².